The van der Waals surface area contributed by atoms with Crippen molar-refractivity contribution in [3.8, 4) is 11.5 Å². The number of carbonyl (C=O) groups excluding carboxylic acids is 1. The fraction of sp³-hybridized carbons (Fsp3) is 0.393. The lowest BCUT2D eigenvalue weighted by Crippen LogP contribution is -2.45. The molecule has 0 bridgehead atoms. The zero-order valence-corrected chi connectivity index (χ0v) is 22.3. The molecule has 3 aromatic rings. The minimum atomic E-state index is -1.43. The second-order valence-electron chi connectivity index (χ2n) is 9.97. The Labute approximate surface area is 239 Å². The van der Waals surface area contributed by atoms with Gasteiger partial charge in [0.25, 0.3) is 11.5 Å². The Hall–Kier alpha value is -3.89. The van der Waals surface area contributed by atoms with Gasteiger partial charge in [0.2, 0.25) is 0 Å². The summed E-state index contributed by atoms with van der Waals surface area (Å²) in [4.78, 5) is 38.9. The number of H-pyrrole nitrogens is 1. The first-order valence-electron chi connectivity index (χ1n) is 13.4. The molecule has 7 N–H and O–H groups in total. The topological polar surface area (TPSA) is 208 Å². The molecule has 0 spiro atoms. The number of aliphatic hydroxyl groups is 3. The Morgan fingerprint density at radius 1 is 1.02 bits per heavy atom. The van der Waals surface area contributed by atoms with Gasteiger partial charge < -0.3 is 45.3 Å². The minimum Gasteiger partial charge on any atom is -0.457 e. The van der Waals surface area contributed by atoms with E-state index in [-0.39, 0.29) is 19.5 Å². The van der Waals surface area contributed by atoms with Crippen molar-refractivity contribution in [2.75, 3.05) is 13.1 Å². The van der Waals surface area contributed by atoms with E-state index in [0.29, 0.717) is 17.1 Å². The van der Waals surface area contributed by atoms with Crippen LogP contribution < -0.4 is 27.0 Å². The lowest BCUT2D eigenvalue weighted by molar-refractivity contribution is -0.212. The number of aromatic amines is 1. The maximum Gasteiger partial charge on any atom is 0.330 e. The number of benzene rings is 2. The van der Waals surface area contributed by atoms with Gasteiger partial charge in [-0.1, -0.05) is 18.2 Å². The normalized spacial score (nSPS) is 28.0. The molecular weight excluding hydrogens is 552 g/mol. The highest BCUT2D eigenvalue weighted by Gasteiger charge is 2.47. The lowest BCUT2D eigenvalue weighted by atomic mass is 10.1. The Kier molecular flexibility index (Phi) is 9.13. The largest absolute Gasteiger partial charge is 0.457 e. The van der Waals surface area contributed by atoms with Gasteiger partial charge in [0.05, 0.1) is 6.10 Å². The standard InChI is InChI=1S/C28H32N4O10/c29-13-20-23(35)24(36)27(41-20)42-21(19-12-18(33)26(40-19)32-11-10-22(34)31-28(32)38)14-30-25(37)15-6-8-17(9-7-15)39-16-4-2-1-3-5-16/h1-11,18-21,23-24,26-27,33,35-36H,12-14,29H2,(H,30,37)(H,31,34,38)/t18-,19+,20-,21+,23-,24-,26-,27+/m1/s1. The molecule has 5 rings (SSSR count). The van der Waals surface area contributed by atoms with Crippen LogP contribution in [0.3, 0.4) is 0 Å². The molecule has 42 heavy (non-hydrogen) atoms. The minimum absolute atomic E-state index is 0.0199. The summed E-state index contributed by atoms with van der Waals surface area (Å²) in [6, 6.07) is 16.8. The number of ether oxygens (including phenoxy) is 4. The fourth-order valence-electron chi connectivity index (χ4n) is 4.85. The summed E-state index contributed by atoms with van der Waals surface area (Å²) in [6.07, 6.45) is -7.95. The van der Waals surface area contributed by atoms with Gasteiger partial charge in [0.15, 0.2) is 12.5 Å². The average Bonchev–Trinajstić information content (AvgIpc) is 3.50. The highest BCUT2D eigenvalue weighted by Crippen LogP contribution is 2.32. The van der Waals surface area contributed by atoms with E-state index in [4.69, 9.17) is 24.7 Å². The van der Waals surface area contributed by atoms with Crippen molar-refractivity contribution in [2.45, 2.75) is 55.6 Å². The number of hydrogen-bond acceptors (Lipinski definition) is 11. The summed E-state index contributed by atoms with van der Waals surface area (Å²) in [5.74, 6) is 0.736. The van der Waals surface area contributed by atoms with Gasteiger partial charge in [-0.2, -0.15) is 0 Å². The number of nitrogens with one attached hydrogen (secondary N) is 2. The van der Waals surface area contributed by atoms with Gasteiger partial charge in [-0.25, -0.2) is 4.79 Å². The van der Waals surface area contributed by atoms with Gasteiger partial charge >= 0.3 is 5.69 Å². The Morgan fingerprint density at radius 2 is 1.74 bits per heavy atom. The molecule has 2 fully saturated rings. The summed E-state index contributed by atoms with van der Waals surface area (Å²) in [7, 11) is 0. The Balaban J connectivity index is 1.29. The van der Waals surface area contributed by atoms with Crippen LogP contribution in [0.2, 0.25) is 0 Å². The van der Waals surface area contributed by atoms with Crippen LogP contribution in [0.1, 0.15) is 23.0 Å². The van der Waals surface area contributed by atoms with Crippen LogP contribution in [-0.2, 0) is 14.2 Å². The molecule has 2 saturated heterocycles. The zero-order chi connectivity index (χ0) is 29.8. The third-order valence-corrected chi connectivity index (χ3v) is 7.08. The third kappa shape index (κ3) is 6.60. The average molecular weight is 585 g/mol. The predicted molar refractivity (Wildman–Crippen MR) is 146 cm³/mol. The second kappa shape index (κ2) is 13.0. The highest BCUT2D eigenvalue weighted by atomic mass is 16.7. The number of aromatic nitrogens is 2. The molecule has 2 aliphatic rings. The van der Waals surface area contributed by atoms with Crippen molar-refractivity contribution in [1.29, 1.82) is 0 Å². The van der Waals surface area contributed by atoms with Crippen LogP contribution in [0, 0.1) is 0 Å². The molecule has 3 heterocycles. The smallest absolute Gasteiger partial charge is 0.330 e. The quantitative estimate of drug-likeness (QED) is 0.174. The molecule has 224 valence electrons. The van der Waals surface area contributed by atoms with Crippen LogP contribution in [0.5, 0.6) is 11.5 Å². The molecule has 0 radical (unpaired) electrons. The molecule has 14 nitrogen and oxygen atoms in total. The summed E-state index contributed by atoms with van der Waals surface area (Å²) < 4.78 is 24.3. The SMILES string of the molecule is NC[C@H]1O[C@@H](O[C@@H](CNC(=O)c2ccc(Oc3ccccc3)cc2)[C@@H]2C[C@@H](O)[C@H](n3ccc(=O)[nH]c3=O)O2)[C@H](O)[C@@H]1O. The summed E-state index contributed by atoms with van der Waals surface area (Å²) in [5.41, 5.74) is 4.56. The van der Waals surface area contributed by atoms with Crippen LogP contribution in [-0.4, -0.2) is 86.8 Å². The van der Waals surface area contributed by atoms with Gasteiger partial charge in [0.1, 0.15) is 42.0 Å². The summed E-state index contributed by atoms with van der Waals surface area (Å²) in [6.45, 7) is -0.221. The number of nitrogens with zero attached hydrogens (tertiary/aromatic N) is 1. The fourth-order valence-corrected chi connectivity index (χ4v) is 4.85. The van der Waals surface area contributed by atoms with E-state index < -0.39 is 66.3 Å². The zero-order valence-electron chi connectivity index (χ0n) is 22.3. The summed E-state index contributed by atoms with van der Waals surface area (Å²) >= 11 is 0. The Morgan fingerprint density at radius 3 is 2.40 bits per heavy atom. The first-order valence-corrected chi connectivity index (χ1v) is 13.4. The van der Waals surface area contributed by atoms with Gasteiger partial charge in [0, 0.05) is 37.3 Å². The molecular formula is C28H32N4O10. The van der Waals surface area contributed by atoms with Gasteiger partial charge in [-0.3, -0.25) is 19.1 Å². The molecule has 1 amide bonds. The first kappa shape index (κ1) is 29.6. The van der Waals surface area contributed by atoms with Crippen molar-refractivity contribution in [3.05, 3.63) is 93.3 Å². The van der Waals surface area contributed by atoms with Crippen molar-refractivity contribution in [3.63, 3.8) is 0 Å². The van der Waals surface area contributed by atoms with Crippen molar-refractivity contribution in [2.24, 2.45) is 5.73 Å². The van der Waals surface area contributed by atoms with Gasteiger partial charge in [-0.05, 0) is 36.4 Å². The maximum atomic E-state index is 13.0. The van der Waals surface area contributed by atoms with E-state index in [1.54, 1.807) is 36.4 Å². The molecule has 0 saturated carbocycles. The molecule has 1 aromatic heterocycles. The van der Waals surface area contributed by atoms with E-state index in [9.17, 15) is 29.7 Å². The molecule has 8 atom stereocenters. The lowest BCUT2D eigenvalue weighted by Gasteiger charge is -2.28. The number of para-hydroxylation sites is 1. The number of hydrogen-bond donors (Lipinski definition) is 6. The van der Waals surface area contributed by atoms with Crippen molar-refractivity contribution < 1.29 is 39.1 Å². The van der Waals surface area contributed by atoms with E-state index in [0.717, 1.165) is 10.6 Å². The number of amides is 1. The predicted octanol–water partition coefficient (Wildman–Crippen LogP) is -0.802. The van der Waals surface area contributed by atoms with Crippen LogP contribution in [0.4, 0.5) is 0 Å². The monoisotopic (exact) mass is 584 g/mol. The number of rotatable bonds is 10. The Bertz CT molecular complexity index is 1460. The van der Waals surface area contributed by atoms with Crippen LogP contribution >= 0.6 is 0 Å². The van der Waals surface area contributed by atoms with Crippen LogP contribution in [0.25, 0.3) is 0 Å². The van der Waals surface area contributed by atoms with Gasteiger partial charge in [-0.15, -0.1) is 0 Å². The number of carbonyl (C=O) groups is 1. The number of nitrogens with two attached hydrogens (primary N) is 1. The van der Waals surface area contributed by atoms with E-state index in [2.05, 4.69) is 10.3 Å². The molecule has 2 aromatic carbocycles. The summed E-state index contributed by atoms with van der Waals surface area (Å²) in [5, 5.41) is 34.1. The second-order valence-corrected chi connectivity index (χ2v) is 9.97. The molecule has 2 aliphatic heterocycles. The number of aliphatic hydroxyl groups excluding tert-OH is 3. The molecule has 14 heteroatoms. The molecule has 0 aliphatic carbocycles. The van der Waals surface area contributed by atoms with Crippen molar-refractivity contribution in [1.82, 2.24) is 14.9 Å². The highest BCUT2D eigenvalue weighted by molar-refractivity contribution is 5.94. The molecule has 0 unspecified atom stereocenters. The van der Waals surface area contributed by atoms with E-state index >= 15 is 0 Å². The first-order chi connectivity index (χ1) is 20.2. The van der Waals surface area contributed by atoms with Crippen molar-refractivity contribution >= 4 is 5.91 Å². The van der Waals surface area contributed by atoms with Crippen LogP contribution in [0.15, 0.2) is 76.4 Å². The maximum absolute atomic E-state index is 13.0. The van der Waals surface area contributed by atoms with E-state index in [1.807, 2.05) is 18.2 Å². The van der Waals surface area contributed by atoms with E-state index in [1.165, 1.54) is 6.20 Å². The third-order valence-electron chi connectivity index (χ3n) is 7.08.